The average molecular weight is 351 g/mol. The Kier molecular flexibility index (Phi) is 4.58. The van der Waals surface area contributed by atoms with Crippen LogP contribution in [-0.4, -0.2) is 33.5 Å². The first-order valence-corrected chi connectivity index (χ1v) is 8.69. The molecule has 0 bridgehead atoms. The number of pyridine rings is 1. The van der Waals surface area contributed by atoms with Gasteiger partial charge < -0.3 is 18.6 Å². The van der Waals surface area contributed by atoms with Gasteiger partial charge in [0, 0.05) is 30.2 Å². The van der Waals surface area contributed by atoms with E-state index in [0.717, 1.165) is 17.0 Å². The Morgan fingerprint density at radius 1 is 1.31 bits per heavy atom. The fraction of sp³-hybridized carbons (Fsp3) is 0.300. The van der Waals surface area contributed by atoms with E-state index in [1.165, 1.54) is 0 Å². The van der Waals surface area contributed by atoms with Gasteiger partial charge >= 0.3 is 0 Å². The van der Waals surface area contributed by atoms with Gasteiger partial charge in [0.15, 0.2) is 5.76 Å². The van der Waals surface area contributed by atoms with Crippen LogP contribution in [0.3, 0.4) is 0 Å². The average Bonchev–Trinajstić information content (AvgIpc) is 3.30. The van der Waals surface area contributed by atoms with E-state index in [1.807, 2.05) is 54.4 Å². The number of nitrogens with zero attached hydrogens (tertiary/aromatic N) is 3. The standard InChI is InChI=1S/C20H21N3O3/c1-15-7-10-26-19(15)20(24)22-11-17-6-4-9-23(17)18(12-22)14-25-13-16-5-2-3-8-21-16/h2-10,18H,11-14H2,1H3. The highest BCUT2D eigenvalue weighted by Crippen LogP contribution is 2.25. The van der Waals surface area contributed by atoms with Gasteiger partial charge in [-0.15, -0.1) is 0 Å². The van der Waals surface area contributed by atoms with E-state index in [0.29, 0.717) is 32.1 Å². The van der Waals surface area contributed by atoms with Crippen LogP contribution in [0.4, 0.5) is 0 Å². The molecule has 0 saturated heterocycles. The van der Waals surface area contributed by atoms with Gasteiger partial charge in [-0.3, -0.25) is 9.78 Å². The van der Waals surface area contributed by atoms with Gasteiger partial charge in [-0.05, 0) is 37.3 Å². The monoisotopic (exact) mass is 351 g/mol. The Labute approximate surface area is 152 Å². The molecule has 1 aliphatic rings. The van der Waals surface area contributed by atoms with Gasteiger partial charge in [-0.1, -0.05) is 6.07 Å². The summed E-state index contributed by atoms with van der Waals surface area (Å²) in [5, 5.41) is 0. The van der Waals surface area contributed by atoms with Gasteiger partial charge in [-0.25, -0.2) is 0 Å². The molecule has 0 fully saturated rings. The van der Waals surface area contributed by atoms with Gasteiger partial charge in [0.2, 0.25) is 0 Å². The number of hydrogen-bond acceptors (Lipinski definition) is 4. The van der Waals surface area contributed by atoms with Crippen LogP contribution in [0.25, 0.3) is 0 Å². The lowest BCUT2D eigenvalue weighted by atomic mass is 10.1. The van der Waals surface area contributed by atoms with Crippen molar-refractivity contribution in [3.63, 3.8) is 0 Å². The lowest BCUT2D eigenvalue weighted by Gasteiger charge is -2.34. The lowest BCUT2D eigenvalue weighted by molar-refractivity contribution is 0.0454. The fourth-order valence-corrected chi connectivity index (χ4v) is 3.33. The smallest absolute Gasteiger partial charge is 0.290 e. The Bertz CT molecular complexity index is 885. The Balaban J connectivity index is 1.46. The third kappa shape index (κ3) is 3.28. The summed E-state index contributed by atoms with van der Waals surface area (Å²) in [4.78, 5) is 18.9. The normalized spacial score (nSPS) is 16.5. The molecule has 0 spiro atoms. The van der Waals surface area contributed by atoms with Crippen molar-refractivity contribution in [2.75, 3.05) is 13.2 Å². The molecule has 0 saturated carbocycles. The molecule has 4 heterocycles. The second-order valence-corrected chi connectivity index (χ2v) is 6.52. The number of fused-ring (bicyclic) bond motifs is 1. The Morgan fingerprint density at radius 3 is 3.00 bits per heavy atom. The first kappa shape index (κ1) is 16.6. The summed E-state index contributed by atoms with van der Waals surface area (Å²) >= 11 is 0. The minimum Gasteiger partial charge on any atom is -0.459 e. The predicted molar refractivity (Wildman–Crippen MR) is 95.5 cm³/mol. The fourth-order valence-electron chi connectivity index (χ4n) is 3.33. The molecule has 1 aliphatic heterocycles. The summed E-state index contributed by atoms with van der Waals surface area (Å²) in [6, 6.07) is 11.7. The number of carbonyl (C=O) groups excluding carboxylic acids is 1. The third-order valence-electron chi connectivity index (χ3n) is 4.67. The summed E-state index contributed by atoms with van der Waals surface area (Å²) in [6.45, 7) is 4.01. The second kappa shape index (κ2) is 7.17. The van der Waals surface area contributed by atoms with Crippen LogP contribution in [-0.2, 0) is 17.9 Å². The molecule has 0 radical (unpaired) electrons. The van der Waals surface area contributed by atoms with E-state index in [1.54, 1.807) is 12.5 Å². The van der Waals surface area contributed by atoms with Crippen molar-refractivity contribution in [3.8, 4) is 0 Å². The SMILES string of the molecule is Cc1ccoc1C(=O)N1Cc2cccn2C(COCc2ccccn2)C1. The van der Waals surface area contributed by atoms with Crippen LogP contribution in [0, 0.1) is 6.92 Å². The largest absolute Gasteiger partial charge is 0.459 e. The molecule has 6 heteroatoms. The molecule has 0 aliphatic carbocycles. The van der Waals surface area contributed by atoms with Crippen molar-refractivity contribution in [1.29, 1.82) is 0 Å². The van der Waals surface area contributed by atoms with Crippen LogP contribution in [0.2, 0.25) is 0 Å². The third-order valence-corrected chi connectivity index (χ3v) is 4.67. The molecule has 6 nitrogen and oxygen atoms in total. The first-order valence-electron chi connectivity index (χ1n) is 8.69. The molecule has 1 unspecified atom stereocenters. The van der Waals surface area contributed by atoms with E-state index < -0.39 is 0 Å². The van der Waals surface area contributed by atoms with Crippen LogP contribution in [0.15, 0.2) is 59.5 Å². The maximum absolute atomic E-state index is 12.8. The predicted octanol–water partition coefficient (Wildman–Crippen LogP) is 3.20. The number of rotatable bonds is 5. The van der Waals surface area contributed by atoms with Gasteiger partial charge in [0.25, 0.3) is 5.91 Å². The van der Waals surface area contributed by atoms with Crippen molar-refractivity contribution in [2.24, 2.45) is 0 Å². The highest BCUT2D eigenvalue weighted by Gasteiger charge is 2.30. The maximum Gasteiger partial charge on any atom is 0.290 e. The first-order chi connectivity index (χ1) is 12.7. The number of ether oxygens (including phenoxy) is 1. The molecule has 0 aromatic carbocycles. The summed E-state index contributed by atoms with van der Waals surface area (Å²) in [6.07, 6.45) is 5.36. The minimum atomic E-state index is -0.0744. The van der Waals surface area contributed by atoms with Gasteiger partial charge in [0.05, 0.1) is 37.8 Å². The molecule has 1 amide bonds. The van der Waals surface area contributed by atoms with E-state index >= 15 is 0 Å². The maximum atomic E-state index is 12.8. The molecule has 3 aromatic rings. The Hall–Kier alpha value is -2.86. The van der Waals surface area contributed by atoms with Crippen molar-refractivity contribution in [1.82, 2.24) is 14.5 Å². The zero-order valence-electron chi connectivity index (χ0n) is 14.7. The van der Waals surface area contributed by atoms with Crippen molar-refractivity contribution in [3.05, 3.63) is 77.8 Å². The van der Waals surface area contributed by atoms with E-state index in [9.17, 15) is 4.79 Å². The number of amides is 1. The number of aromatic nitrogens is 2. The lowest BCUT2D eigenvalue weighted by Crippen LogP contribution is -2.42. The molecular formula is C20H21N3O3. The number of aryl methyl sites for hydroxylation is 1. The number of furan rings is 1. The van der Waals surface area contributed by atoms with Crippen LogP contribution in [0.5, 0.6) is 0 Å². The zero-order valence-corrected chi connectivity index (χ0v) is 14.7. The Morgan fingerprint density at radius 2 is 2.23 bits per heavy atom. The van der Waals surface area contributed by atoms with E-state index in [2.05, 4.69) is 9.55 Å². The quantitative estimate of drug-likeness (QED) is 0.708. The summed E-state index contributed by atoms with van der Waals surface area (Å²) < 4.78 is 13.5. The minimum absolute atomic E-state index is 0.0664. The van der Waals surface area contributed by atoms with Crippen LogP contribution < -0.4 is 0 Å². The molecule has 1 atom stereocenters. The van der Waals surface area contributed by atoms with Crippen molar-refractivity contribution >= 4 is 5.91 Å². The zero-order chi connectivity index (χ0) is 17.9. The summed E-state index contributed by atoms with van der Waals surface area (Å²) in [7, 11) is 0. The van der Waals surface area contributed by atoms with E-state index in [4.69, 9.17) is 9.15 Å². The number of hydrogen-bond donors (Lipinski definition) is 0. The van der Waals surface area contributed by atoms with Gasteiger partial charge in [-0.2, -0.15) is 0 Å². The van der Waals surface area contributed by atoms with E-state index in [-0.39, 0.29) is 11.9 Å². The molecule has 3 aromatic heterocycles. The molecule has 26 heavy (non-hydrogen) atoms. The second-order valence-electron chi connectivity index (χ2n) is 6.52. The highest BCUT2D eigenvalue weighted by molar-refractivity contribution is 5.92. The molecule has 4 rings (SSSR count). The number of carbonyl (C=O) groups is 1. The van der Waals surface area contributed by atoms with Crippen LogP contribution >= 0.6 is 0 Å². The summed E-state index contributed by atoms with van der Waals surface area (Å²) in [5.41, 5.74) is 2.86. The highest BCUT2D eigenvalue weighted by atomic mass is 16.5. The molecule has 134 valence electrons. The summed E-state index contributed by atoms with van der Waals surface area (Å²) in [5.74, 6) is 0.341. The molecular weight excluding hydrogens is 330 g/mol. The van der Waals surface area contributed by atoms with Crippen LogP contribution in [0.1, 0.15) is 33.5 Å². The van der Waals surface area contributed by atoms with Crippen molar-refractivity contribution < 1.29 is 13.9 Å². The van der Waals surface area contributed by atoms with Gasteiger partial charge in [0.1, 0.15) is 0 Å². The topological polar surface area (TPSA) is 60.5 Å². The van der Waals surface area contributed by atoms with Crippen molar-refractivity contribution in [2.45, 2.75) is 26.1 Å². The molecule has 0 N–H and O–H groups in total.